The summed E-state index contributed by atoms with van der Waals surface area (Å²) in [6, 6.07) is 3.92. The zero-order valence-corrected chi connectivity index (χ0v) is 18.1. The van der Waals surface area contributed by atoms with E-state index in [1.807, 2.05) is 19.1 Å². The Hall–Kier alpha value is -1.53. The maximum Gasteiger partial charge on any atom is 0.191 e. The summed E-state index contributed by atoms with van der Waals surface area (Å²) in [6.07, 6.45) is 6.07. The number of furan rings is 1. The van der Waals surface area contributed by atoms with Crippen LogP contribution in [0.1, 0.15) is 52.7 Å². The van der Waals surface area contributed by atoms with Crippen molar-refractivity contribution in [3.63, 3.8) is 0 Å². The molecule has 2 rings (SSSR count). The molecule has 0 aromatic carbocycles. The van der Waals surface area contributed by atoms with Crippen LogP contribution >= 0.6 is 0 Å². The number of nitrogens with zero attached hydrogens (tertiary/aromatic N) is 1. The number of hydrogen-bond acceptors (Lipinski definition) is 4. The minimum Gasteiger partial charge on any atom is -0.469 e. The molecule has 0 aliphatic carbocycles. The largest absolute Gasteiger partial charge is 0.469 e. The van der Waals surface area contributed by atoms with Crippen LogP contribution in [0.2, 0.25) is 0 Å². The normalized spacial score (nSPS) is 20.9. The topological polar surface area (TPSA) is 68.0 Å². The van der Waals surface area contributed by atoms with Crippen molar-refractivity contribution in [3.8, 4) is 0 Å². The highest BCUT2D eigenvalue weighted by Gasteiger charge is 2.35. The van der Waals surface area contributed by atoms with Crippen molar-refractivity contribution in [3.05, 3.63) is 24.2 Å². The number of ether oxygens (including phenoxy) is 2. The van der Waals surface area contributed by atoms with Crippen LogP contribution in [-0.4, -0.2) is 51.5 Å². The lowest BCUT2D eigenvalue weighted by molar-refractivity contribution is -0.0823. The van der Waals surface area contributed by atoms with E-state index in [9.17, 15) is 0 Å². The Morgan fingerprint density at radius 2 is 2.11 bits per heavy atom. The molecule has 1 aliphatic heterocycles. The molecule has 2 unspecified atom stereocenters. The van der Waals surface area contributed by atoms with Crippen molar-refractivity contribution in [1.82, 2.24) is 10.6 Å². The molecule has 0 saturated carbocycles. The minimum atomic E-state index is 0.137. The second kappa shape index (κ2) is 12.1. The van der Waals surface area contributed by atoms with E-state index in [0.29, 0.717) is 5.92 Å². The quantitative estimate of drug-likeness (QED) is 0.361. The van der Waals surface area contributed by atoms with Gasteiger partial charge in [-0.25, -0.2) is 0 Å². The summed E-state index contributed by atoms with van der Waals surface area (Å²) in [6.45, 7) is 13.6. The Kier molecular flexibility index (Phi) is 9.85. The predicted octanol–water partition coefficient (Wildman–Crippen LogP) is 3.63. The molecule has 1 aromatic heterocycles. The van der Waals surface area contributed by atoms with Crippen LogP contribution < -0.4 is 10.6 Å². The van der Waals surface area contributed by atoms with E-state index in [1.165, 1.54) is 6.42 Å². The molecule has 0 spiro atoms. The molecule has 1 saturated heterocycles. The average Bonchev–Trinajstić information content (AvgIpc) is 3.18. The summed E-state index contributed by atoms with van der Waals surface area (Å²) in [5, 5.41) is 6.88. The Bertz CT molecular complexity index is 552. The van der Waals surface area contributed by atoms with E-state index >= 15 is 0 Å². The molecule has 1 aromatic rings. The van der Waals surface area contributed by atoms with E-state index < -0.39 is 0 Å². The molecule has 6 nitrogen and oxygen atoms in total. The van der Waals surface area contributed by atoms with Crippen molar-refractivity contribution < 1.29 is 13.9 Å². The molecule has 0 bridgehead atoms. The van der Waals surface area contributed by atoms with Gasteiger partial charge < -0.3 is 24.5 Å². The zero-order valence-electron chi connectivity index (χ0n) is 18.1. The minimum absolute atomic E-state index is 0.137. The third-order valence-corrected chi connectivity index (χ3v) is 4.99. The fourth-order valence-corrected chi connectivity index (χ4v) is 3.65. The van der Waals surface area contributed by atoms with E-state index in [4.69, 9.17) is 18.9 Å². The van der Waals surface area contributed by atoms with Crippen molar-refractivity contribution >= 4 is 5.96 Å². The van der Waals surface area contributed by atoms with Gasteiger partial charge in [-0.15, -0.1) is 0 Å². The summed E-state index contributed by atoms with van der Waals surface area (Å²) < 4.78 is 16.9. The zero-order chi connectivity index (χ0) is 20.2. The smallest absolute Gasteiger partial charge is 0.191 e. The van der Waals surface area contributed by atoms with Gasteiger partial charge >= 0.3 is 0 Å². The van der Waals surface area contributed by atoms with Gasteiger partial charge in [0.2, 0.25) is 0 Å². The van der Waals surface area contributed by atoms with Crippen molar-refractivity contribution in [2.45, 2.75) is 59.5 Å². The lowest BCUT2D eigenvalue weighted by Gasteiger charge is -2.39. The fraction of sp³-hybridized carbons (Fsp3) is 0.773. The Labute approximate surface area is 170 Å². The van der Waals surface area contributed by atoms with Crippen LogP contribution in [-0.2, 0) is 15.9 Å². The third kappa shape index (κ3) is 8.23. The molecule has 6 heteroatoms. The molecule has 2 atom stereocenters. The van der Waals surface area contributed by atoms with E-state index in [2.05, 4.69) is 31.4 Å². The maximum atomic E-state index is 6.10. The summed E-state index contributed by atoms with van der Waals surface area (Å²) in [5.41, 5.74) is 0.137. The highest BCUT2D eigenvalue weighted by Crippen LogP contribution is 2.34. The first-order valence-electron chi connectivity index (χ1n) is 10.7. The third-order valence-electron chi connectivity index (χ3n) is 4.99. The van der Waals surface area contributed by atoms with Crippen LogP contribution in [0, 0.1) is 11.3 Å². The number of guanidine groups is 1. The van der Waals surface area contributed by atoms with Crippen molar-refractivity contribution in [2.24, 2.45) is 16.3 Å². The maximum absolute atomic E-state index is 6.10. The molecule has 0 amide bonds. The molecule has 0 radical (unpaired) electrons. The van der Waals surface area contributed by atoms with Gasteiger partial charge in [0.25, 0.3) is 0 Å². The molecular formula is C22H39N3O3. The lowest BCUT2D eigenvalue weighted by atomic mass is 9.78. The van der Waals surface area contributed by atoms with Gasteiger partial charge in [0.1, 0.15) is 5.76 Å². The van der Waals surface area contributed by atoms with Crippen LogP contribution in [0.3, 0.4) is 0 Å². The van der Waals surface area contributed by atoms with Gasteiger partial charge in [0.05, 0.1) is 12.4 Å². The van der Waals surface area contributed by atoms with Crippen molar-refractivity contribution in [1.29, 1.82) is 0 Å². The first-order chi connectivity index (χ1) is 13.5. The number of rotatable bonds is 10. The highest BCUT2D eigenvalue weighted by molar-refractivity contribution is 5.79. The number of aliphatic imine (C=N–C) groups is 1. The molecule has 2 N–H and O–H groups in total. The lowest BCUT2D eigenvalue weighted by Crippen LogP contribution is -2.43. The van der Waals surface area contributed by atoms with Gasteiger partial charge in [-0.05, 0) is 43.7 Å². The van der Waals surface area contributed by atoms with E-state index in [0.717, 1.165) is 70.4 Å². The summed E-state index contributed by atoms with van der Waals surface area (Å²) in [7, 11) is 0. The molecule has 1 aliphatic rings. The standard InChI is InChI=1S/C22H39N3O3/c1-5-26-14-8-12-23-21(24-13-11-19-10-7-15-27-19)25-17-18-9-6-16-28-20(18)22(2,3)4/h7,10,15,18,20H,5-6,8-9,11-14,16-17H2,1-4H3,(H2,23,24,25). The number of hydrogen-bond donors (Lipinski definition) is 2. The van der Waals surface area contributed by atoms with Gasteiger partial charge in [-0.1, -0.05) is 20.8 Å². The second-order valence-electron chi connectivity index (χ2n) is 8.48. The van der Waals surface area contributed by atoms with Crippen molar-refractivity contribution in [2.75, 3.05) is 39.5 Å². The van der Waals surface area contributed by atoms with Crippen LogP contribution in [0.5, 0.6) is 0 Å². The van der Waals surface area contributed by atoms with Crippen LogP contribution in [0.15, 0.2) is 27.8 Å². The second-order valence-corrected chi connectivity index (χ2v) is 8.48. The summed E-state index contributed by atoms with van der Waals surface area (Å²) in [5.74, 6) is 2.30. The first kappa shape index (κ1) is 22.8. The SMILES string of the molecule is CCOCCCNC(=NCC1CCCOC1C(C)(C)C)NCCc1ccco1. The number of nitrogens with one attached hydrogen (secondary N) is 2. The van der Waals surface area contributed by atoms with Gasteiger partial charge in [-0.2, -0.15) is 0 Å². The van der Waals surface area contributed by atoms with Gasteiger partial charge in [0.15, 0.2) is 5.96 Å². The summed E-state index contributed by atoms with van der Waals surface area (Å²) >= 11 is 0. The Morgan fingerprint density at radius 1 is 1.29 bits per heavy atom. The molecule has 28 heavy (non-hydrogen) atoms. The highest BCUT2D eigenvalue weighted by atomic mass is 16.5. The Balaban J connectivity index is 1.89. The average molecular weight is 394 g/mol. The van der Waals surface area contributed by atoms with E-state index in [-0.39, 0.29) is 11.5 Å². The molecule has 160 valence electrons. The molecule has 1 fully saturated rings. The predicted molar refractivity (Wildman–Crippen MR) is 114 cm³/mol. The van der Waals surface area contributed by atoms with Crippen LogP contribution in [0.4, 0.5) is 0 Å². The molecular weight excluding hydrogens is 354 g/mol. The van der Waals surface area contributed by atoms with Gasteiger partial charge in [-0.3, -0.25) is 4.99 Å². The van der Waals surface area contributed by atoms with Gasteiger partial charge in [0, 0.05) is 51.8 Å². The molecule has 2 heterocycles. The first-order valence-corrected chi connectivity index (χ1v) is 10.7. The monoisotopic (exact) mass is 393 g/mol. The summed E-state index contributed by atoms with van der Waals surface area (Å²) in [4.78, 5) is 4.89. The fourth-order valence-electron chi connectivity index (χ4n) is 3.65. The van der Waals surface area contributed by atoms with Crippen LogP contribution in [0.25, 0.3) is 0 Å². The van der Waals surface area contributed by atoms with E-state index in [1.54, 1.807) is 6.26 Å². The Morgan fingerprint density at radius 3 is 2.82 bits per heavy atom.